The molecule has 2 heterocycles. The number of para-hydroxylation sites is 1. The molecule has 7 heteroatoms. The quantitative estimate of drug-likeness (QED) is 0.636. The van der Waals surface area contributed by atoms with Crippen molar-refractivity contribution in [3.63, 3.8) is 0 Å². The minimum absolute atomic E-state index is 0.0389. The van der Waals surface area contributed by atoms with Gasteiger partial charge in [-0.25, -0.2) is 0 Å². The first-order chi connectivity index (χ1) is 12.5. The highest BCUT2D eigenvalue weighted by Crippen LogP contribution is 2.30. The van der Waals surface area contributed by atoms with Crippen molar-refractivity contribution < 1.29 is 4.79 Å². The predicted octanol–water partition coefficient (Wildman–Crippen LogP) is 4.45. The van der Waals surface area contributed by atoms with E-state index in [0.717, 1.165) is 34.2 Å². The van der Waals surface area contributed by atoms with Gasteiger partial charge in [-0.2, -0.15) is 0 Å². The summed E-state index contributed by atoms with van der Waals surface area (Å²) in [7, 11) is 1.94. The number of carbonyl (C=O) groups excluding carboxylic acids is 1. The molecule has 1 amide bonds. The van der Waals surface area contributed by atoms with E-state index in [-0.39, 0.29) is 5.91 Å². The van der Waals surface area contributed by atoms with E-state index >= 15 is 0 Å². The van der Waals surface area contributed by atoms with Crippen LogP contribution in [-0.2, 0) is 18.3 Å². The molecule has 0 aliphatic heterocycles. The minimum Gasteiger partial charge on any atom is -0.325 e. The molecule has 0 fully saturated rings. The fourth-order valence-corrected chi connectivity index (χ4v) is 4.25. The number of aryl methyl sites for hydroxylation is 2. The molecule has 0 aliphatic carbocycles. The third-order valence-electron chi connectivity index (χ3n) is 4.37. The van der Waals surface area contributed by atoms with Gasteiger partial charge in [0.05, 0.1) is 5.75 Å². The highest BCUT2D eigenvalue weighted by molar-refractivity contribution is 7.99. The summed E-state index contributed by atoms with van der Waals surface area (Å²) in [6.45, 7) is 6.28. The normalized spacial score (nSPS) is 10.9. The minimum atomic E-state index is -0.0389. The smallest absolute Gasteiger partial charge is 0.234 e. The number of hydrogen-bond donors (Lipinski definition) is 1. The van der Waals surface area contributed by atoms with Crippen molar-refractivity contribution in [3.05, 3.63) is 45.6 Å². The molecule has 2 aromatic heterocycles. The average molecular weight is 387 g/mol. The molecule has 0 unspecified atom stereocenters. The van der Waals surface area contributed by atoms with Gasteiger partial charge in [-0.1, -0.05) is 36.9 Å². The molecule has 26 heavy (non-hydrogen) atoms. The Bertz CT molecular complexity index is 930. The summed E-state index contributed by atoms with van der Waals surface area (Å²) in [5.74, 6) is 1.10. The van der Waals surface area contributed by atoms with Gasteiger partial charge in [0.25, 0.3) is 0 Å². The lowest BCUT2D eigenvalue weighted by Crippen LogP contribution is -2.15. The number of carbonyl (C=O) groups is 1. The number of aromatic nitrogens is 3. The Hall–Kier alpha value is -2.12. The molecule has 0 saturated heterocycles. The molecule has 3 aromatic rings. The topological polar surface area (TPSA) is 59.8 Å². The fraction of sp³-hybridized carbons (Fsp3) is 0.316. The highest BCUT2D eigenvalue weighted by Gasteiger charge is 2.16. The lowest BCUT2D eigenvalue weighted by Gasteiger charge is -2.09. The van der Waals surface area contributed by atoms with Gasteiger partial charge in [0, 0.05) is 28.6 Å². The summed E-state index contributed by atoms with van der Waals surface area (Å²) in [4.78, 5) is 13.6. The second-order valence-corrected chi connectivity index (χ2v) is 8.07. The Morgan fingerprint density at radius 3 is 2.73 bits per heavy atom. The van der Waals surface area contributed by atoms with Crippen LogP contribution in [0.4, 0.5) is 5.69 Å². The number of thioether (sulfide) groups is 1. The van der Waals surface area contributed by atoms with Gasteiger partial charge in [0.2, 0.25) is 5.91 Å². The highest BCUT2D eigenvalue weighted by atomic mass is 32.2. The zero-order valence-corrected chi connectivity index (χ0v) is 17.0. The van der Waals surface area contributed by atoms with Crippen LogP contribution in [0.5, 0.6) is 0 Å². The van der Waals surface area contributed by atoms with Crippen LogP contribution in [0.3, 0.4) is 0 Å². The molecule has 0 bridgehead atoms. The van der Waals surface area contributed by atoms with Crippen molar-refractivity contribution >= 4 is 34.7 Å². The van der Waals surface area contributed by atoms with E-state index in [2.05, 4.69) is 41.7 Å². The first-order valence-electron chi connectivity index (χ1n) is 8.46. The zero-order chi connectivity index (χ0) is 18.7. The fourth-order valence-electron chi connectivity index (χ4n) is 2.68. The Morgan fingerprint density at radius 2 is 2.04 bits per heavy atom. The number of nitrogens with one attached hydrogen (secondary N) is 1. The van der Waals surface area contributed by atoms with Gasteiger partial charge in [0.1, 0.15) is 0 Å². The van der Waals surface area contributed by atoms with Crippen molar-refractivity contribution in [2.24, 2.45) is 7.05 Å². The van der Waals surface area contributed by atoms with Crippen molar-refractivity contribution in [1.29, 1.82) is 0 Å². The van der Waals surface area contributed by atoms with E-state index in [0.29, 0.717) is 5.75 Å². The van der Waals surface area contributed by atoms with E-state index in [1.165, 1.54) is 22.2 Å². The molecule has 0 atom stereocenters. The molecule has 0 radical (unpaired) electrons. The monoisotopic (exact) mass is 386 g/mol. The summed E-state index contributed by atoms with van der Waals surface area (Å²) >= 11 is 3.11. The number of nitrogens with zero attached hydrogens (tertiary/aromatic N) is 3. The standard InChI is InChI=1S/C19H22N4OS2/c1-5-14-8-6-7-9-16(14)20-17(24)11-26-19-22-21-18(23(19)4)15-10-25-13(3)12(15)2/h6-10H,5,11H2,1-4H3,(H,20,24). The lowest BCUT2D eigenvalue weighted by atomic mass is 10.1. The van der Waals surface area contributed by atoms with Gasteiger partial charge < -0.3 is 9.88 Å². The maximum atomic E-state index is 12.3. The second-order valence-electron chi connectivity index (χ2n) is 6.04. The van der Waals surface area contributed by atoms with E-state index in [9.17, 15) is 4.79 Å². The first kappa shape index (κ1) is 18.7. The van der Waals surface area contributed by atoms with Crippen LogP contribution in [0.25, 0.3) is 11.4 Å². The molecule has 5 nitrogen and oxygen atoms in total. The van der Waals surface area contributed by atoms with Gasteiger partial charge >= 0.3 is 0 Å². The summed E-state index contributed by atoms with van der Waals surface area (Å²) in [6.07, 6.45) is 0.885. The number of hydrogen-bond acceptors (Lipinski definition) is 5. The predicted molar refractivity (Wildman–Crippen MR) is 109 cm³/mol. The van der Waals surface area contributed by atoms with Gasteiger partial charge in [-0.3, -0.25) is 4.79 Å². The molecule has 1 aromatic carbocycles. The Morgan fingerprint density at radius 1 is 1.27 bits per heavy atom. The van der Waals surface area contributed by atoms with Crippen LogP contribution >= 0.6 is 23.1 Å². The van der Waals surface area contributed by atoms with E-state index in [1.54, 1.807) is 11.3 Å². The molecule has 0 aliphatic rings. The second kappa shape index (κ2) is 8.05. The van der Waals surface area contributed by atoms with E-state index < -0.39 is 0 Å². The largest absolute Gasteiger partial charge is 0.325 e. The Kier molecular flexibility index (Phi) is 5.78. The number of rotatable bonds is 6. The van der Waals surface area contributed by atoms with Crippen LogP contribution in [0, 0.1) is 13.8 Å². The van der Waals surface area contributed by atoms with Gasteiger partial charge in [0.15, 0.2) is 11.0 Å². The van der Waals surface area contributed by atoms with Crippen LogP contribution in [0.2, 0.25) is 0 Å². The third kappa shape index (κ3) is 3.83. The van der Waals surface area contributed by atoms with E-state index in [1.807, 2.05) is 35.9 Å². The first-order valence-corrected chi connectivity index (χ1v) is 10.3. The van der Waals surface area contributed by atoms with Crippen LogP contribution < -0.4 is 5.32 Å². The molecular weight excluding hydrogens is 364 g/mol. The van der Waals surface area contributed by atoms with Gasteiger partial charge in [-0.15, -0.1) is 21.5 Å². The van der Waals surface area contributed by atoms with Crippen LogP contribution in [-0.4, -0.2) is 26.4 Å². The average Bonchev–Trinajstić information content (AvgIpc) is 3.16. The lowest BCUT2D eigenvalue weighted by molar-refractivity contribution is -0.113. The number of thiophene rings is 1. The molecular formula is C19H22N4OS2. The number of benzene rings is 1. The summed E-state index contributed by atoms with van der Waals surface area (Å²) in [6, 6.07) is 7.88. The van der Waals surface area contributed by atoms with Crippen molar-refractivity contribution in [3.8, 4) is 11.4 Å². The molecule has 3 rings (SSSR count). The third-order valence-corrected chi connectivity index (χ3v) is 6.40. The SMILES string of the molecule is CCc1ccccc1NC(=O)CSc1nnc(-c2csc(C)c2C)n1C. The van der Waals surface area contributed by atoms with E-state index in [4.69, 9.17) is 0 Å². The van der Waals surface area contributed by atoms with Crippen molar-refractivity contribution in [2.45, 2.75) is 32.3 Å². The Balaban J connectivity index is 1.67. The number of amides is 1. The maximum absolute atomic E-state index is 12.3. The number of anilines is 1. The zero-order valence-electron chi connectivity index (χ0n) is 15.4. The molecule has 1 N–H and O–H groups in total. The molecule has 0 spiro atoms. The summed E-state index contributed by atoms with van der Waals surface area (Å²) in [5.41, 5.74) is 4.35. The Labute approximate surface area is 161 Å². The summed E-state index contributed by atoms with van der Waals surface area (Å²) < 4.78 is 1.95. The van der Waals surface area contributed by atoms with Crippen molar-refractivity contribution in [1.82, 2.24) is 14.8 Å². The molecule has 136 valence electrons. The molecule has 0 saturated carbocycles. The van der Waals surface area contributed by atoms with Crippen LogP contribution in [0.15, 0.2) is 34.8 Å². The van der Waals surface area contributed by atoms with Crippen LogP contribution in [0.1, 0.15) is 22.9 Å². The summed E-state index contributed by atoms with van der Waals surface area (Å²) in [5, 5.41) is 14.4. The maximum Gasteiger partial charge on any atom is 0.234 e. The van der Waals surface area contributed by atoms with Crippen molar-refractivity contribution in [2.75, 3.05) is 11.1 Å². The van der Waals surface area contributed by atoms with Gasteiger partial charge in [-0.05, 0) is 37.5 Å².